The van der Waals surface area contributed by atoms with Crippen LogP contribution in [0, 0.1) is 0 Å². The van der Waals surface area contributed by atoms with E-state index >= 15 is 0 Å². The van der Waals surface area contributed by atoms with Gasteiger partial charge in [-0.05, 0) is 41.8 Å². The van der Waals surface area contributed by atoms with Gasteiger partial charge in [0.05, 0.1) is 6.20 Å². The number of aryl methyl sites for hydroxylation is 2. The molecule has 2 aromatic heterocycles. The maximum absolute atomic E-state index is 12.3. The van der Waals surface area contributed by atoms with E-state index in [0.717, 1.165) is 16.7 Å². The van der Waals surface area contributed by atoms with E-state index in [4.69, 9.17) is 0 Å². The van der Waals surface area contributed by atoms with Gasteiger partial charge < -0.3 is 5.32 Å². The summed E-state index contributed by atoms with van der Waals surface area (Å²) in [4.78, 5) is 16.3. The first-order chi connectivity index (χ1) is 13.8. The number of carbonyl (C=O) groups is 1. The Bertz CT molecular complexity index is 1010. The van der Waals surface area contributed by atoms with Crippen LogP contribution in [0.5, 0.6) is 0 Å². The highest BCUT2D eigenvalue weighted by atomic mass is 19.4. The van der Waals surface area contributed by atoms with Crippen molar-refractivity contribution in [2.45, 2.75) is 19.0 Å². The summed E-state index contributed by atoms with van der Waals surface area (Å²) in [5.41, 5.74) is 3.63. The second-order valence-electron chi connectivity index (χ2n) is 6.50. The van der Waals surface area contributed by atoms with Crippen LogP contribution in [-0.4, -0.2) is 26.8 Å². The van der Waals surface area contributed by atoms with Crippen molar-refractivity contribution in [3.05, 3.63) is 72.3 Å². The molecule has 3 aromatic rings. The van der Waals surface area contributed by atoms with E-state index in [9.17, 15) is 18.0 Å². The maximum Gasteiger partial charge on any atom is 0.389 e. The van der Waals surface area contributed by atoms with Crippen molar-refractivity contribution >= 4 is 17.7 Å². The zero-order valence-corrected chi connectivity index (χ0v) is 15.6. The topological polar surface area (TPSA) is 59.8 Å². The number of nitrogens with zero attached hydrogens (tertiary/aromatic N) is 3. The molecule has 8 heteroatoms. The molecule has 0 spiro atoms. The van der Waals surface area contributed by atoms with Gasteiger partial charge in [-0.3, -0.25) is 14.5 Å². The van der Waals surface area contributed by atoms with Crippen LogP contribution in [-0.2, 0) is 18.3 Å². The van der Waals surface area contributed by atoms with Crippen molar-refractivity contribution in [2.75, 3.05) is 5.32 Å². The third kappa shape index (κ3) is 6.03. The SMILES string of the molecule is Cn1cc(-c2ccncc2C=CC(=O)Nc2ccc(CCC(F)(F)F)cc2)cn1. The van der Waals surface area contributed by atoms with Crippen molar-refractivity contribution < 1.29 is 18.0 Å². The summed E-state index contributed by atoms with van der Waals surface area (Å²) >= 11 is 0. The Hall–Kier alpha value is -3.42. The third-order valence-corrected chi connectivity index (χ3v) is 4.20. The number of amides is 1. The molecule has 0 radical (unpaired) electrons. The number of halogens is 3. The number of carbonyl (C=O) groups excluding carboxylic acids is 1. The lowest BCUT2D eigenvalue weighted by molar-refractivity contribution is -0.134. The van der Waals surface area contributed by atoms with Gasteiger partial charge in [0.1, 0.15) is 0 Å². The highest BCUT2D eigenvalue weighted by molar-refractivity contribution is 6.02. The molecule has 150 valence electrons. The van der Waals surface area contributed by atoms with Gasteiger partial charge in [0.15, 0.2) is 0 Å². The van der Waals surface area contributed by atoms with Crippen LogP contribution in [0.15, 0.2) is 61.2 Å². The Morgan fingerprint density at radius 1 is 1.17 bits per heavy atom. The van der Waals surface area contributed by atoms with E-state index in [0.29, 0.717) is 11.3 Å². The fourth-order valence-corrected chi connectivity index (χ4v) is 2.75. The van der Waals surface area contributed by atoms with Crippen molar-refractivity contribution in [3.8, 4) is 11.1 Å². The van der Waals surface area contributed by atoms with Gasteiger partial charge in [-0.1, -0.05) is 12.1 Å². The summed E-state index contributed by atoms with van der Waals surface area (Å²) in [5.74, 6) is -0.353. The van der Waals surface area contributed by atoms with Gasteiger partial charge in [0, 0.05) is 54.9 Å². The molecule has 0 bridgehead atoms. The normalized spacial score (nSPS) is 11.7. The van der Waals surface area contributed by atoms with Gasteiger partial charge >= 0.3 is 6.18 Å². The number of nitrogens with one attached hydrogen (secondary N) is 1. The van der Waals surface area contributed by atoms with Crippen LogP contribution in [0.3, 0.4) is 0 Å². The van der Waals surface area contributed by atoms with E-state index in [1.165, 1.54) is 6.08 Å². The lowest BCUT2D eigenvalue weighted by Crippen LogP contribution is -2.09. The predicted molar refractivity (Wildman–Crippen MR) is 105 cm³/mol. The number of aromatic nitrogens is 3. The summed E-state index contributed by atoms with van der Waals surface area (Å²) < 4.78 is 38.5. The molecule has 0 aliphatic carbocycles. The molecule has 1 aromatic carbocycles. The molecule has 1 N–H and O–H groups in total. The molecular formula is C21H19F3N4O. The molecule has 3 rings (SSSR count). The Kier molecular flexibility index (Phi) is 6.11. The van der Waals surface area contributed by atoms with Crippen LogP contribution in [0.2, 0.25) is 0 Å². The van der Waals surface area contributed by atoms with E-state index < -0.39 is 12.6 Å². The van der Waals surface area contributed by atoms with Gasteiger partial charge in [0.2, 0.25) is 5.91 Å². The zero-order chi connectivity index (χ0) is 20.9. The number of anilines is 1. The summed E-state index contributed by atoms with van der Waals surface area (Å²) in [7, 11) is 1.82. The van der Waals surface area contributed by atoms with Crippen LogP contribution in [0.4, 0.5) is 18.9 Å². The van der Waals surface area contributed by atoms with Crippen LogP contribution >= 0.6 is 0 Å². The van der Waals surface area contributed by atoms with Crippen LogP contribution < -0.4 is 5.32 Å². The van der Waals surface area contributed by atoms with Crippen molar-refractivity contribution in [1.29, 1.82) is 0 Å². The largest absolute Gasteiger partial charge is 0.389 e. The summed E-state index contributed by atoms with van der Waals surface area (Å²) in [6, 6.07) is 8.17. The molecule has 29 heavy (non-hydrogen) atoms. The molecule has 1 amide bonds. The number of hydrogen-bond acceptors (Lipinski definition) is 3. The molecule has 5 nitrogen and oxygen atoms in total. The number of rotatable bonds is 6. The Labute approximate surface area is 165 Å². The fraction of sp³-hybridized carbons (Fsp3) is 0.190. The standard InChI is InChI=1S/C21H19F3N4O/c1-28-14-17(13-26-28)19-9-11-25-12-16(19)4-7-20(29)27-18-5-2-15(3-6-18)8-10-21(22,23)24/h2-7,9,11-14H,8,10H2,1H3,(H,27,29). The minimum absolute atomic E-state index is 0.0875. The quantitative estimate of drug-likeness (QED) is 0.614. The molecule has 0 fully saturated rings. The van der Waals surface area contributed by atoms with Gasteiger partial charge in [0.25, 0.3) is 0 Å². The number of benzene rings is 1. The van der Waals surface area contributed by atoms with E-state index in [-0.39, 0.29) is 12.3 Å². The zero-order valence-electron chi connectivity index (χ0n) is 15.6. The number of alkyl halides is 3. The summed E-state index contributed by atoms with van der Waals surface area (Å²) in [6.07, 6.45) is 4.82. The predicted octanol–water partition coefficient (Wildman–Crippen LogP) is 4.63. The maximum atomic E-state index is 12.3. The monoisotopic (exact) mass is 400 g/mol. The first-order valence-corrected chi connectivity index (χ1v) is 8.88. The second kappa shape index (κ2) is 8.72. The summed E-state index contributed by atoms with van der Waals surface area (Å²) in [5, 5.41) is 6.84. The third-order valence-electron chi connectivity index (χ3n) is 4.20. The van der Waals surface area contributed by atoms with Gasteiger partial charge in [-0.25, -0.2) is 0 Å². The molecule has 0 unspecified atom stereocenters. The fourth-order valence-electron chi connectivity index (χ4n) is 2.75. The van der Waals surface area contributed by atoms with E-state index in [1.54, 1.807) is 53.6 Å². The van der Waals surface area contributed by atoms with Crippen LogP contribution in [0.1, 0.15) is 17.5 Å². The number of hydrogen-bond donors (Lipinski definition) is 1. The number of pyridine rings is 1. The molecular weight excluding hydrogens is 381 g/mol. The Balaban J connectivity index is 1.63. The lowest BCUT2D eigenvalue weighted by Gasteiger charge is -2.07. The molecule has 0 aliphatic rings. The minimum atomic E-state index is -4.18. The molecule has 0 aliphatic heterocycles. The van der Waals surface area contributed by atoms with Gasteiger partial charge in [-0.15, -0.1) is 0 Å². The van der Waals surface area contributed by atoms with E-state index in [1.807, 2.05) is 19.3 Å². The smallest absolute Gasteiger partial charge is 0.323 e. The first-order valence-electron chi connectivity index (χ1n) is 8.88. The van der Waals surface area contributed by atoms with E-state index in [2.05, 4.69) is 15.4 Å². The minimum Gasteiger partial charge on any atom is -0.323 e. The van der Waals surface area contributed by atoms with Crippen molar-refractivity contribution in [2.24, 2.45) is 7.05 Å². The van der Waals surface area contributed by atoms with Crippen molar-refractivity contribution in [3.63, 3.8) is 0 Å². The highest BCUT2D eigenvalue weighted by Gasteiger charge is 2.26. The van der Waals surface area contributed by atoms with Crippen LogP contribution in [0.25, 0.3) is 17.2 Å². The second-order valence-corrected chi connectivity index (χ2v) is 6.50. The Morgan fingerprint density at radius 3 is 2.59 bits per heavy atom. The average Bonchev–Trinajstić information content (AvgIpc) is 3.12. The molecule has 0 atom stereocenters. The highest BCUT2D eigenvalue weighted by Crippen LogP contribution is 2.24. The average molecular weight is 400 g/mol. The Morgan fingerprint density at radius 2 is 1.93 bits per heavy atom. The molecule has 0 saturated heterocycles. The van der Waals surface area contributed by atoms with Crippen molar-refractivity contribution in [1.82, 2.24) is 14.8 Å². The van der Waals surface area contributed by atoms with Gasteiger partial charge in [-0.2, -0.15) is 18.3 Å². The molecule has 0 saturated carbocycles. The molecule has 2 heterocycles. The lowest BCUT2D eigenvalue weighted by atomic mass is 10.0. The summed E-state index contributed by atoms with van der Waals surface area (Å²) in [6.45, 7) is 0. The first kappa shape index (κ1) is 20.3.